The van der Waals surface area contributed by atoms with Crippen LogP contribution in [-0.2, 0) is 4.79 Å². The van der Waals surface area contributed by atoms with E-state index in [4.69, 9.17) is 5.73 Å². The van der Waals surface area contributed by atoms with Crippen molar-refractivity contribution >= 4 is 23.2 Å². The van der Waals surface area contributed by atoms with Crippen LogP contribution in [0.2, 0.25) is 0 Å². The molecule has 1 aliphatic rings. The number of nitrogens with one attached hydrogen (secondary N) is 3. The fourth-order valence-electron chi connectivity index (χ4n) is 3.34. The van der Waals surface area contributed by atoms with Crippen LogP contribution in [0.3, 0.4) is 0 Å². The highest BCUT2D eigenvalue weighted by Gasteiger charge is 2.19. The van der Waals surface area contributed by atoms with Crippen molar-refractivity contribution in [3.8, 4) is 0 Å². The smallest absolute Gasteiger partial charge is 0.253 e. The molecule has 1 heterocycles. The van der Waals surface area contributed by atoms with Crippen LogP contribution in [0, 0.1) is 0 Å². The SMILES string of the molecule is CCCC1CN(c2ccc(N)c(C(=O)NCC(=O)NC(C)C)c2)CCCN1. The zero-order chi connectivity index (χ0) is 19.8. The maximum absolute atomic E-state index is 12.5. The molecule has 1 saturated heterocycles. The lowest BCUT2D eigenvalue weighted by molar-refractivity contribution is -0.120. The Labute approximate surface area is 162 Å². The second-order valence-corrected chi connectivity index (χ2v) is 7.42. The zero-order valence-electron chi connectivity index (χ0n) is 16.7. The minimum absolute atomic E-state index is 0.0375. The van der Waals surface area contributed by atoms with E-state index >= 15 is 0 Å². The third-order valence-corrected chi connectivity index (χ3v) is 4.62. The van der Waals surface area contributed by atoms with Crippen LogP contribution in [0.4, 0.5) is 11.4 Å². The maximum Gasteiger partial charge on any atom is 0.253 e. The van der Waals surface area contributed by atoms with Crippen LogP contribution >= 0.6 is 0 Å². The van der Waals surface area contributed by atoms with Gasteiger partial charge in [-0.25, -0.2) is 0 Å². The third kappa shape index (κ3) is 6.43. The first-order chi connectivity index (χ1) is 12.9. The van der Waals surface area contributed by atoms with Crippen LogP contribution < -0.4 is 26.6 Å². The van der Waals surface area contributed by atoms with Crippen molar-refractivity contribution in [3.63, 3.8) is 0 Å². The average Bonchev–Trinajstić information content (AvgIpc) is 2.85. The third-order valence-electron chi connectivity index (χ3n) is 4.62. The van der Waals surface area contributed by atoms with Crippen LogP contribution in [0.25, 0.3) is 0 Å². The van der Waals surface area contributed by atoms with E-state index < -0.39 is 0 Å². The Kier molecular flexibility index (Phi) is 7.91. The van der Waals surface area contributed by atoms with E-state index in [9.17, 15) is 9.59 Å². The molecule has 7 heteroatoms. The highest BCUT2D eigenvalue weighted by atomic mass is 16.2. The molecule has 2 amide bonds. The van der Waals surface area contributed by atoms with Gasteiger partial charge in [-0.05, 0) is 51.4 Å². The number of nitrogen functional groups attached to an aromatic ring is 1. The van der Waals surface area contributed by atoms with E-state index in [1.54, 1.807) is 6.07 Å². The minimum Gasteiger partial charge on any atom is -0.398 e. The van der Waals surface area contributed by atoms with Gasteiger partial charge in [0.2, 0.25) is 5.91 Å². The van der Waals surface area contributed by atoms with Gasteiger partial charge in [-0.3, -0.25) is 9.59 Å². The number of hydrogen-bond donors (Lipinski definition) is 4. The first-order valence-corrected chi connectivity index (χ1v) is 9.86. The Morgan fingerprint density at radius 1 is 1.37 bits per heavy atom. The standard InChI is InChI=1S/C20H33N5O2/c1-4-6-15-13-25(10-5-9-22-15)16-7-8-18(21)17(11-16)20(27)23-12-19(26)24-14(2)3/h7-8,11,14-15,22H,4-6,9-10,12-13,21H2,1-3H3,(H,23,27)(H,24,26). The predicted molar refractivity (Wildman–Crippen MR) is 110 cm³/mol. The van der Waals surface area contributed by atoms with Crippen LogP contribution in [0.1, 0.15) is 50.4 Å². The molecule has 1 atom stereocenters. The topological polar surface area (TPSA) is 99.5 Å². The number of carbonyl (C=O) groups is 2. The van der Waals surface area contributed by atoms with Crippen molar-refractivity contribution in [3.05, 3.63) is 23.8 Å². The summed E-state index contributed by atoms with van der Waals surface area (Å²) in [7, 11) is 0. The fraction of sp³-hybridized carbons (Fsp3) is 0.600. The number of hydrogen-bond acceptors (Lipinski definition) is 5. The summed E-state index contributed by atoms with van der Waals surface area (Å²) in [6.07, 6.45) is 3.32. The van der Waals surface area contributed by atoms with Gasteiger partial charge in [-0.15, -0.1) is 0 Å². The lowest BCUT2D eigenvalue weighted by Crippen LogP contribution is -2.40. The van der Waals surface area contributed by atoms with Crippen LogP contribution in [-0.4, -0.2) is 50.1 Å². The van der Waals surface area contributed by atoms with Crippen molar-refractivity contribution in [2.75, 3.05) is 36.8 Å². The van der Waals surface area contributed by atoms with Crippen LogP contribution in [0.5, 0.6) is 0 Å². The first-order valence-electron chi connectivity index (χ1n) is 9.86. The Morgan fingerprint density at radius 2 is 2.15 bits per heavy atom. The molecule has 1 unspecified atom stereocenters. The van der Waals surface area contributed by atoms with E-state index in [0.29, 0.717) is 17.3 Å². The summed E-state index contributed by atoms with van der Waals surface area (Å²) in [5.74, 6) is -0.541. The molecule has 0 aromatic heterocycles. The predicted octanol–water partition coefficient (Wildman–Crippen LogP) is 1.49. The van der Waals surface area contributed by atoms with E-state index in [2.05, 4.69) is 27.8 Å². The van der Waals surface area contributed by atoms with E-state index in [0.717, 1.165) is 44.6 Å². The van der Waals surface area contributed by atoms with E-state index in [1.807, 2.05) is 26.0 Å². The van der Waals surface area contributed by atoms with Gasteiger partial charge in [0.1, 0.15) is 0 Å². The molecule has 5 N–H and O–H groups in total. The van der Waals surface area contributed by atoms with Gasteiger partial charge in [-0.2, -0.15) is 0 Å². The molecule has 1 aromatic carbocycles. The molecule has 27 heavy (non-hydrogen) atoms. The largest absolute Gasteiger partial charge is 0.398 e. The summed E-state index contributed by atoms with van der Waals surface area (Å²) >= 11 is 0. The zero-order valence-corrected chi connectivity index (χ0v) is 16.7. The Balaban J connectivity index is 2.08. The lowest BCUT2D eigenvalue weighted by atomic mass is 10.1. The number of benzene rings is 1. The van der Waals surface area contributed by atoms with Gasteiger partial charge in [0.05, 0.1) is 12.1 Å². The van der Waals surface area contributed by atoms with Crippen molar-refractivity contribution in [2.45, 2.75) is 52.1 Å². The number of amides is 2. The van der Waals surface area contributed by atoms with Gasteiger partial charge in [0.25, 0.3) is 5.91 Å². The minimum atomic E-state index is -0.327. The second-order valence-electron chi connectivity index (χ2n) is 7.42. The molecule has 0 bridgehead atoms. The van der Waals surface area contributed by atoms with Crippen molar-refractivity contribution in [1.82, 2.24) is 16.0 Å². The molecule has 1 fully saturated rings. The van der Waals surface area contributed by atoms with Gasteiger partial charge < -0.3 is 26.6 Å². The van der Waals surface area contributed by atoms with Gasteiger partial charge in [-0.1, -0.05) is 13.3 Å². The quantitative estimate of drug-likeness (QED) is 0.541. The van der Waals surface area contributed by atoms with Gasteiger partial charge >= 0.3 is 0 Å². The number of anilines is 2. The average molecular weight is 376 g/mol. The Hall–Kier alpha value is -2.28. The number of nitrogens with zero attached hydrogens (tertiary/aromatic N) is 1. The highest BCUT2D eigenvalue weighted by Crippen LogP contribution is 2.23. The summed E-state index contributed by atoms with van der Waals surface area (Å²) in [5, 5.41) is 8.99. The molecule has 0 saturated carbocycles. The maximum atomic E-state index is 12.5. The Bertz CT molecular complexity index is 647. The van der Waals surface area contributed by atoms with Crippen molar-refractivity contribution in [2.24, 2.45) is 0 Å². The molecule has 0 radical (unpaired) electrons. The monoisotopic (exact) mass is 375 g/mol. The normalized spacial score (nSPS) is 17.5. The molecule has 0 spiro atoms. The van der Waals surface area contributed by atoms with Crippen molar-refractivity contribution in [1.29, 1.82) is 0 Å². The molecule has 1 aromatic rings. The van der Waals surface area contributed by atoms with Crippen LogP contribution in [0.15, 0.2) is 18.2 Å². The summed E-state index contributed by atoms with van der Waals surface area (Å²) in [6.45, 7) is 8.75. The molecular weight excluding hydrogens is 342 g/mol. The molecule has 7 nitrogen and oxygen atoms in total. The summed E-state index contributed by atoms with van der Waals surface area (Å²) in [4.78, 5) is 26.6. The number of carbonyl (C=O) groups excluding carboxylic acids is 2. The number of rotatable bonds is 7. The first kappa shape index (κ1) is 21.0. The summed E-state index contributed by atoms with van der Waals surface area (Å²) in [5.41, 5.74) is 7.84. The molecule has 2 rings (SSSR count). The van der Waals surface area contributed by atoms with Crippen molar-refractivity contribution < 1.29 is 9.59 Å². The summed E-state index contributed by atoms with van der Waals surface area (Å²) in [6, 6.07) is 6.05. The van der Waals surface area contributed by atoms with E-state index in [1.165, 1.54) is 0 Å². The van der Waals surface area contributed by atoms with Gasteiger partial charge in [0, 0.05) is 36.5 Å². The van der Waals surface area contributed by atoms with E-state index in [-0.39, 0.29) is 24.4 Å². The van der Waals surface area contributed by atoms with Gasteiger partial charge in [0.15, 0.2) is 0 Å². The molecular formula is C20H33N5O2. The molecule has 1 aliphatic heterocycles. The second kappa shape index (κ2) is 10.2. The lowest BCUT2D eigenvalue weighted by Gasteiger charge is -2.27. The summed E-state index contributed by atoms with van der Waals surface area (Å²) < 4.78 is 0. The molecule has 0 aliphatic carbocycles. The number of nitrogens with two attached hydrogens (primary N) is 1. The fourth-order valence-corrected chi connectivity index (χ4v) is 3.34. The Morgan fingerprint density at radius 3 is 2.85 bits per heavy atom. The highest BCUT2D eigenvalue weighted by molar-refractivity contribution is 6.01. The molecule has 150 valence electrons.